The molecule has 0 amide bonds. The molecule has 7 aromatic heterocycles. The molecular formula is C116H82N8. The highest BCUT2D eigenvalue weighted by molar-refractivity contribution is 6.17. The molecule has 7 heterocycles. The first kappa shape index (κ1) is 70.7. The molecule has 0 saturated heterocycles. The van der Waals surface area contributed by atoms with Gasteiger partial charge >= 0.3 is 0 Å². The van der Waals surface area contributed by atoms with Gasteiger partial charge in [-0.15, -0.1) is 0 Å². The number of fused-ring (bicyclic) bond motifs is 24. The van der Waals surface area contributed by atoms with E-state index < -0.39 is 0 Å². The van der Waals surface area contributed by atoms with E-state index in [1.807, 2.05) is 12.4 Å². The van der Waals surface area contributed by atoms with Gasteiger partial charge in [0.1, 0.15) is 0 Å². The summed E-state index contributed by atoms with van der Waals surface area (Å²) in [5.41, 5.74) is 41.3. The first-order chi connectivity index (χ1) is 60.5. The van der Waals surface area contributed by atoms with Gasteiger partial charge in [0.2, 0.25) is 0 Å². The van der Waals surface area contributed by atoms with Crippen molar-refractivity contribution >= 4 is 87.2 Å². The summed E-state index contributed by atoms with van der Waals surface area (Å²) < 4.78 is 10.1. The fourth-order valence-corrected chi connectivity index (χ4v) is 22.9. The zero-order valence-corrected chi connectivity index (χ0v) is 70.1. The second-order valence-corrected chi connectivity index (χ2v) is 36.8. The zero-order valence-electron chi connectivity index (χ0n) is 70.1. The lowest BCUT2D eigenvalue weighted by molar-refractivity contribution is 0.661. The minimum Gasteiger partial charge on any atom is -0.309 e. The van der Waals surface area contributed by atoms with Crippen LogP contribution in [0.1, 0.15) is 99.9 Å². The van der Waals surface area contributed by atoms with E-state index in [0.29, 0.717) is 5.82 Å². The highest BCUT2D eigenvalue weighted by Gasteiger charge is 2.42. The fourth-order valence-electron chi connectivity index (χ4n) is 22.9. The van der Waals surface area contributed by atoms with E-state index in [-0.39, 0.29) is 21.7 Å². The van der Waals surface area contributed by atoms with Crippen molar-refractivity contribution in [3.63, 3.8) is 0 Å². The van der Waals surface area contributed by atoms with Crippen molar-refractivity contribution in [2.24, 2.45) is 0 Å². The van der Waals surface area contributed by atoms with Crippen molar-refractivity contribution in [2.75, 3.05) is 0 Å². The molecule has 8 heteroatoms. The number of aromatic nitrogens is 8. The normalized spacial score (nSPS) is 14.5. The van der Waals surface area contributed by atoms with E-state index in [4.69, 9.17) is 19.9 Å². The van der Waals surface area contributed by atoms with E-state index >= 15 is 0 Å². The highest BCUT2D eigenvalue weighted by atomic mass is 15.0. The molecule has 0 unspecified atom stereocenters. The van der Waals surface area contributed by atoms with E-state index in [1.54, 1.807) is 0 Å². The quantitative estimate of drug-likeness (QED) is 0.144. The third kappa shape index (κ3) is 9.62. The fraction of sp³-hybridized carbons (Fsp3) is 0.103. The Morgan fingerprint density at radius 1 is 0.194 bits per heavy atom. The van der Waals surface area contributed by atoms with Crippen molar-refractivity contribution in [2.45, 2.75) is 77.0 Å². The maximum atomic E-state index is 5.98. The number of nitrogens with zero attached hydrogens (tertiary/aromatic N) is 8. The van der Waals surface area contributed by atoms with Gasteiger partial charge in [0, 0.05) is 128 Å². The molecule has 586 valence electrons. The summed E-state index contributed by atoms with van der Waals surface area (Å²) in [4.78, 5) is 22.0. The van der Waals surface area contributed by atoms with Crippen LogP contribution in [0.5, 0.6) is 0 Å². The Morgan fingerprint density at radius 2 is 0.492 bits per heavy atom. The van der Waals surface area contributed by atoms with E-state index in [1.165, 1.54) is 132 Å². The van der Waals surface area contributed by atoms with Crippen LogP contribution in [0, 0.1) is 0 Å². The lowest BCUT2D eigenvalue weighted by Crippen LogP contribution is -2.15. The van der Waals surface area contributed by atoms with Crippen LogP contribution in [0.15, 0.2) is 352 Å². The summed E-state index contributed by atoms with van der Waals surface area (Å²) in [6.45, 7) is 19.1. The number of para-hydroxylation sites is 4. The number of rotatable bonds is 9. The zero-order chi connectivity index (χ0) is 82.7. The number of benzene rings is 15. The van der Waals surface area contributed by atoms with Crippen LogP contribution in [0.25, 0.3) is 211 Å². The molecule has 0 saturated carbocycles. The molecule has 0 spiro atoms. The molecule has 22 aromatic rings. The lowest BCUT2D eigenvalue weighted by Gasteiger charge is -2.23. The Morgan fingerprint density at radius 3 is 0.855 bits per heavy atom. The molecule has 26 rings (SSSR count). The monoisotopic (exact) mass is 1590 g/mol. The van der Waals surface area contributed by atoms with Gasteiger partial charge in [0.15, 0.2) is 5.82 Å². The van der Waals surface area contributed by atoms with Crippen molar-refractivity contribution in [1.29, 1.82) is 0 Å². The van der Waals surface area contributed by atoms with Gasteiger partial charge in [-0.1, -0.05) is 280 Å². The van der Waals surface area contributed by atoms with Crippen LogP contribution in [0.2, 0.25) is 0 Å². The standard InChI is InChI=1S/C116H82N8/c1-113(2)90-38-20-12-30-70(90)80-56-84-74-34-16-24-42-100(74)121(108(84)60-94(80)113)104-50-52-117-65-88(104)78-48-46-68(54-106(78)123-102-44-26-18-36-76(102)86-58-82-72-32-14-22-40-92(72)115(5,6)96(82)62-110(86)123)99-64-98(67-28-10-9-11-29-67)119-112(120-99)69-47-49-79(107(55-69)124-103-45-27-19-37-77(103)87-59-83-73-33-15-23-41-93(73)116(7,8)97(83)63-111(87)124)89-66-118-53-51-105(89)122-101-43-25-17-35-75(101)85-57-81-71-31-13-21-39-91(71)114(3,4)95(81)61-109(85)122/h9-66H,1-8H3. The van der Waals surface area contributed by atoms with Crippen LogP contribution in [-0.2, 0) is 21.7 Å². The predicted octanol–water partition coefficient (Wildman–Crippen LogP) is 29.2. The molecule has 0 radical (unpaired) electrons. The first-order valence-corrected chi connectivity index (χ1v) is 43.4. The second-order valence-electron chi connectivity index (χ2n) is 36.8. The number of hydrogen-bond acceptors (Lipinski definition) is 4. The SMILES string of the molecule is CC1(C)c2ccccc2-c2cc3c4ccccc4n(-c4ccncc4-c4ccc(-c5cc(-c6ccccc6)nc(-c6ccc(-c7cnccc7-n7c8ccccc8c8cc9c(cc87)C(C)(C)c7ccccc7-9)c(-n7c8ccccc8c8cc9c(cc87)C(C)(C)c7ccccc7-9)c6)n5)cc4-n4c5ccccc5c5cc6c(cc54)C(C)(C)c4ccccc4-6)c3cc21. The van der Waals surface area contributed by atoms with Crippen LogP contribution < -0.4 is 0 Å². The summed E-state index contributed by atoms with van der Waals surface area (Å²) in [6, 6.07) is 123. The molecule has 4 aliphatic rings. The lowest BCUT2D eigenvalue weighted by atomic mass is 9.82. The molecule has 0 fully saturated rings. The van der Waals surface area contributed by atoms with Crippen molar-refractivity contribution < 1.29 is 0 Å². The third-order valence-electron chi connectivity index (χ3n) is 29.0. The van der Waals surface area contributed by atoms with Crippen LogP contribution >= 0.6 is 0 Å². The van der Waals surface area contributed by atoms with E-state index in [2.05, 4.69) is 414 Å². The summed E-state index contributed by atoms with van der Waals surface area (Å²) in [5, 5.41) is 9.53. The minimum absolute atomic E-state index is 0.226. The predicted molar refractivity (Wildman–Crippen MR) is 512 cm³/mol. The number of hydrogen-bond donors (Lipinski definition) is 0. The Balaban J connectivity index is 0.725. The maximum absolute atomic E-state index is 5.98. The van der Waals surface area contributed by atoms with Gasteiger partial charge in [-0.05, 0) is 192 Å². The summed E-state index contributed by atoms with van der Waals surface area (Å²) in [5.74, 6) is 0.590. The molecule has 15 aromatic carbocycles. The second kappa shape index (κ2) is 25.3. The Bertz CT molecular complexity index is 8030. The summed E-state index contributed by atoms with van der Waals surface area (Å²) >= 11 is 0. The average molecular weight is 1590 g/mol. The third-order valence-corrected chi connectivity index (χ3v) is 29.0. The van der Waals surface area contributed by atoms with Gasteiger partial charge in [-0.3, -0.25) is 9.97 Å². The van der Waals surface area contributed by atoms with Crippen molar-refractivity contribution in [1.82, 2.24) is 38.2 Å². The van der Waals surface area contributed by atoms with Gasteiger partial charge < -0.3 is 18.3 Å². The molecule has 124 heavy (non-hydrogen) atoms. The first-order valence-electron chi connectivity index (χ1n) is 43.4. The average Bonchev–Trinajstić information content (AvgIpc) is 1.55. The van der Waals surface area contributed by atoms with Gasteiger partial charge in [0.25, 0.3) is 0 Å². The number of pyridine rings is 2. The molecule has 0 bridgehead atoms. The molecular weight excluding hydrogens is 1510 g/mol. The minimum atomic E-state index is -0.279. The largest absolute Gasteiger partial charge is 0.309 e. The molecule has 4 aliphatic carbocycles. The van der Waals surface area contributed by atoms with Crippen LogP contribution in [0.3, 0.4) is 0 Å². The Hall–Kier alpha value is -15.1. The van der Waals surface area contributed by atoms with Crippen LogP contribution in [0.4, 0.5) is 0 Å². The molecule has 8 nitrogen and oxygen atoms in total. The van der Waals surface area contributed by atoms with E-state index in [0.717, 1.165) is 117 Å². The highest BCUT2D eigenvalue weighted by Crippen LogP contribution is 2.58. The molecule has 0 atom stereocenters. The van der Waals surface area contributed by atoms with Gasteiger partial charge in [0.05, 0.1) is 78.3 Å². The Labute approximate surface area is 718 Å². The smallest absolute Gasteiger partial charge is 0.160 e. The topological polar surface area (TPSA) is 71.3 Å². The van der Waals surface area contributed by atoms with Gasteiger partial charge in [-0.25, -0.2) is 9.97 Å². The summed E-state index contributed by atoms with van der Waals surface area (Å²) in [6.07, 6.45) is 8.11. The Kier molecular flexibility index (Phi) is 14.4. The summed E-state index contributed by atoms with van der Waals surface area (Å²) in [7, 11) is 0. The van der Waals surface area contributed by atoms with E-state index in [9.17, 15) is 0 Å². The van der Waals surface area contributed by atoms with Crippen LogP contribution in [-0.4, -0.2) is 38.2 Å². The molecule has 0 N–H and O–H groups in total. The maximum Gasteiger partial charge on any atom is 0.160 e. The van der Waals surface area contributed by atoms with Crippen molar-refractivity contribution in [3.8, 4) is 123 Å². The van der Waals surface area contributed by atoms with Crippen molar-refractivity contribution in [3.05, 3.63) is 397 Å². The molecule has 0 aliphatic heterocycles. The van der Waals surface area contributed by atoms with Gasteiger partial charge in [-0.2, -0.15) is 0 Å².